The molecule has 3 nitrogen and oxygen atoms in total. The molecule has 0 aliphatic heterocycles. The fraction of sp³-hybridized carbons (Fsp3) is 0.417. The zero-order chi connectivity index (χ0) is 11.5. The van der Waals surface area contributed by atoms with Crippen LogP contribution in [0.4, 0.5) is 0 Å². The van der Waals surface area contributed by atoms with Crippen LogP contribution in [0.3, 0.4) is 0 Å². The molecule has 0 fully saturated rings. The Labute approximate surface area is 103 Å². The number of methoxy groups -OCH3 is 1. The molecule has 0 radical (unpaired) electrons. The summed E-state index contributed by atoms with van der Waals surface area (Å²) in [5.41, 5.74) is 2.21. The van der Waals surface area contributed by atoms with Crippen molar-refractivity contribution in [2.24, 2.45) is 0 Å². The van der Waals surface area contributed by atoms with Crippen molar-refractivity contribution in [1.29, 1.82) is 0 Å². The van der Waals surface area contributed by atoms with Gasteiger partial charge in [-0.05, 0) is 34.8 Å². The molecule has 2 aromatic rings. The van der Waals surface area contributed by atoms with E-state index in [0.29, 0.717) is 5.88 Å². The Bertz CT molecular complexity index is 493. The Kier molecular flexibility index (Phi) is 3.49. The van der Waals surface area contributed by atoms with Crippen molar-refractivity contribution >= 4 is 26.8 Å². The summed E-state index contributed by atoms with van der Waals surface area (Å²) in [4.78, 5) is 7.59. The van der Waals surface area contributed by atoms with Crippen LogP contribution >= 0.6 is 15.9 Å². The van der Waals surface area contributed by atoms with Crippen LogP contribution in [0, 0.1) is 0 Å². The minimum Gasteiger partial charge on any atom is -0.479 e. The zero-order valence-electron chi connectivity index (χ0n) is 9.51. The van der Waals surface area contributed by atoms with Crippen LogP contribution in [0.25, 0.3) is 10.9 Å². The number of pyridine rings is 1. The maximum atomic E-state index is 5.24. The average Bonchev–Trinajstić information content (AvgIpc) is 2.72. The van der Waals surface area contributed by atoms with Crippen LogP contribution in [-0.4, -0.2) is 17.1 Å². The lowest BCUT2D eigenvalue weighted by Gasteiger charge is -2.00. The molecule has 4 heteroatoms. The van der Waals surface area contributed by atoms with Crippen molar-refractivity contribution in [3.05, 3.63) is 22.4 Å². The number of hydrogen-bond donors (Lipinski definition) is 1. The number of aromatic amines is 1. The number of nitrogens with zero attached hydrogens (tertiary/aromatic N) is 1. The molecule has 0 aliphatic carbocycles. The monoisotopic (exact) mass is 282 g/mol. The number of unbranched alkanes of at least 4 members (excludes halogenated alkanes) is 1. The molecule has 0 atom stereocenters. The van der Waals surface area contributed by atoms with Crippen molar-refractivity contribution in [2.45, 2.75) is 26.2 Å². The van der Waals surface area contributed by atoms with Gasteiger partial charge in [0.05, 0.1) is 7.11 Å². The molecule has 1 N–H and O–H groups in total. The van der Waals surface area contributed by atoms with Crippen molar-refractivity contribution in [3.8, 4) is 5.88 Å². The molecule has 86 valence electrons. The van der Waals surface area contributed by atoms with E-state index in [0.717, 1.165) is 21.8 Å². The van der Waals surface area contributed by atoms with Crippen molar-refractivity contribution in [1.82, 2.24) is 9.97 Å². The van der Waals surface area contributed by atoms with E-state index >= 15 is 0 Å². The zero-order valence-corrected chi connectivity index (χ0v) is 11.1. The molecular weight excluding hydrogens is 268 g/mol. The second kappa shape index (κ2) is 4.87. The van der Waals surface area contributed by atoms with Gasteiger partial charge in [0.2, 0.25) is 5.88 Å². The van der Waals surface area contributed by atoms with Crippen LogP contribution in [0.2, 0.25) is 0 Å². The van der Waals surface area contributed by atoms with Gasteiger partial charge in [-0.2, -0.15) is 0 Å². The number of hydrogen-bond acceptors (Lipinski definition) is 2. The summed E-state index contributed by atoms with van der Waals surface area (Å²) in [6.07, 6.45) is 5.24. The smallest absolute Gasteiger partial charge is 0.238 e. The van der Waals surface area contributed by atoms with Crippen molar-refractivity contribution in [2.75, 3.05) is 7.11 Å². The van der Waals surface area contributed by atoms with Crippen LogP contribution in [0.15, 0.2) is 16.7 Å². The maximum absolute atomic E-state index is 5.24. The second-order valence-corrected chi connectivity index (χ2v) is 4.66. The molecule has 0 amide bonds. The molecule has 0 saturated heterocycles. The van der Waals surface area contributed by atoms with Crippen LogP contribution < -0.4 is 4.74 Å². The van der Waals surface area contributed by atoms with E-state index in [-0.39, 0.29) is 0 Å². The maximum Gasteiger partial charge on any atom is 0.238 e. The average molecular weight is 283 g/mol. The molecule has 0 aliphatic rings. The second-order valence-electron chi connectivity index (χ2n) is 3.80. The van der Waals surface area contributed by atoms with E-state index in [1.54, 1.807) is 13.3 Å². The highest BCUT2D eigenvalue weighted by Crippen LogP contribution is 2.30. The first-order valence-corrected chi connectivity index (χ1v) is 6.25. The first kappa shape index (κ1) is 11.5. The molecular formula is C12H15BrN2O. The van der Waals surface area contributed by atoms with E-state index in [1.807, 2.05) is 0 Å². The highest BCUT2D eigenvalue weighted by Gasteiger charge is 2.09. The Balaban J connectivity index is 2.46. The third-order valence-electron chi connectivity index (χ3n) is 2.63. The highest BCUT2D eigenvalue weighted by atomic mass is 79.9. The SMILES string of the molecule is CCCCc1cc2c(Br)cnc(OC)c2[nH]1. The summed E-state index contributed by atoms with van der Waals surface area (Å²) in [5, 5.41) is 1.14. The van der Waals surface area contributed by atoms with Crippen LogP contribution in [0.5, 0.6) is 5.88 Å². The molecule has 0 bridgehead atoms. The van der Waals surface area contributed by atoms with Gasteiger partial charge in [0.15, 0.2) is 0 Å². The summed E-state index contributed by atoms with van der Waals surface area (Å²) in [7, 11) is 1.64. The summed E-state index contributed by atoms with van der Waals surface area (Å²) in [6, 6.07) is 2.17. The van der Waals surface area contributed by atoms with Gasteiger partial charge >= 0.3 is 0 Å². The van der Waals surface area contributed by atoms with Gasteiger partial charge in [-0.25, -0.2) is 4.98 Å². The van der Waals surface area contributed by atoms with E-state index in [4.69, 9.17) is 4.74 Å². The minimum atomic E-state index is 0.654. The number of nitrogens with one attached hydrogen (secondary N) is 1. The van der Waals surface area contributed by atoms with Gasteiger partial charge < -0.3 is 9.72 Å². The van der Waals surface area contributed by atoms with Gasteiger partial charge in [0.25, 0.3) is 0 Å². The lowest BCUT2D eigenvalue weighted by Crippen LogP contribution is -1.89. The van der Waals surface area contributed by atoms with Crippen LogP contribution in [0.1, 0.15) is 25.5 Å². The fourth-order valence-corrected chi connectivity index (χ4v) is 2.19. The van der Waals surface area contributed by atoms with Gasteiger partial charge in [0, 0.05) is 21.7 Å². The number of rotatable bonds is 4. The van der Waals surface area contributed by atoms with Gasteiger partial charge in [-0.15, -0.1) is 0 Å². The predicted octanol–water partition coefficient (Wildman–Crippen LogP) is 3.68. The van der Waals surface area contributed by atoms with Crippen molar-refractivity contribution in [3.63, 3.8) is 0 Å². The lowest BCUT2D eigenvalue weighted by atomic mass is 10.2. The topological polar surface area (TPSA) is 37.9 Å². The first-order valence-electron chi connectivity index (χ1n) is 5.46. The Morgan fingerprint density at radius 3 is 3.00 bits per heavy atom. The van der Waals surface area contributed by atoms with Crippen LogP contribution in [-0.2, 0) is 6.42 Å². The van der Waals surface area contributed by atoms with E-state index in [9.17, 15) is 0 Å². The van der Waals surface area contributed by atoms with E-state index < -0.39 is 0 Å². The molecule has 2 heterocycles. The molecule has 0 aromatic carbocycles. The Morgan fingerprint density at radius 1 is 1.50 bits per heavy atom. The Hall–Kier alpha value is -1.03. The minimum absolute atomic E-state index is 0.654. The first-order chi connectivity index (χ1) is 7.76. The van der Waals surface area contributed by atoms with Crippen molar-refractivity contribution < 1.29 is 4.74 Å². The van der Waals surface area contributed by atoms with Gasteiger partial charge in [-0.3, -0.25) is 0 Å². The largest absolute Gasteiger partial charge is 0.479 e. The molecule has 0 spiro atoms. The number of ether oxygens (including phenoxy) is 1. The summed E-state index contributed by atoms with van der Waals surface area (Å²) >= 11 is 3.50. The predicted molar refractivity (Wildman–Crippen MR) is 69.0 cm³/mol. The number of halogens is 1. The normalized spacial score (nSPS) is 10.9. The molecule has 2 rings (SSSR count). The third-order valence-corrected chi connectivity index (χ3v) is 3.26. The third kappa shape index (κ3) is 2.07. The van der Waals surface area contributed by atoms with Gasteiger partial charge in [0.1, 0.15) is 5.52 Å². The highest BCUT2D eigenvalue weighted by molar-refractivity contribution is 9.10. The number of aryl methyl sites for hydroxylation is 1. The molecule has 0 unspecified atom stereocenters. The molecule has 2 aromatic heterocycles. The van der Waals surface area contributed by atoms with E-state index in [1.165, 1.54) is 18.5 Å². The summed E-state index contributed by atoms with van der Waals surface area (Å²) in [6.45, 7) is 2.20. The van der Waals surface area contributed by atoms with E-state index in [2.05, 4.69) is 38.9 Å². The quantitative estimate of drug-likeness (QED) is 0.929. The standard InChI is InChI=1S/C12H15BrN2O/c1-3-4-5-8-6-9-10(13)7-14-12(16-2)11(9)15-8/h6-7,15H,3-5H2,1-2H3. The summed E-state index contributed by atoms with van der Waals surface area (Å²) in [5.74, 6) is 0.654. The molecule has 0 saturated carbocycles. The fourth-order valence-electron chi connectivity index (χ4n) is 1.77. The number of fused-ring (bicyclic) bond motifs is 1. The molecule has 16 heavy (non-hydrogen) atoms. The number of H-pyrrole nitrogens is 1. The Morgan fingerprint density at radius 2 is 2.31 bits per heavy atom. The van der Waals surface area contributed by atoms with Gasteiger partial charge in [-0.1, -0.05) is 13.3 Å². The lowest BCUT2D eigenvalue weighted by molar-refractivity contribution is 0.402. The summed E-state index contributed by atoms with van der Waals surface area (Å²) < 4.78 is 6.24. The number of aromatic nitrogens is 2.